The Balaban J connectivity index is 1.61. The number of carbonyl (C=O) groups is 1. The number of ether oxygens (including phenoxy) is 1. The van der Waals surface area contributed by atoms with Crippen molar-refractivity contribution in [3.8, 4) is 17.2 Å². The minimum Gasteiger partial charge on any atom is -0.495 e. The van der Waals surface area contributed by atoms with E-state index in [1.165, 1.54) is 0 Å². The van der Waals surface area contributed by atoms with Crippen molar-refractivity contribution in [2.45, 2.75) is 19.9 Å². The number of benzene rings is 2. The average Bonchev–Trinajstić information content (AvgIpc) is 3.33. The molecule has 2 aromatic carbocycles. The Hall–Kier alpha value is -3.32. The van der Waals surface area contributed by atoms with Gasteiger partial charge in [0.1, 0.15) is 12.3 Å². The number of carbonyl (C=O) groups excluding carboxylic acids is 1. The summed E-state index contributed by atoms with van der Waals surface area (Å²) in [4.78, 5) is 12.6. The molecule has 0 saturated heterocycles. The van der Waals surface area contributed by atoms with E-state index in [0.717, 1.165) is 16.5 Å². The van der Waals surface area contributed by atoms with Crippen molar-refractivity contribution < 1.29 is 13.9 Å². The standard InChI is InChI=1S/C21H19ClN4O3/c1-3-20-24-25-21(29-20)15-11-26(17-7-5-4-6-14(15)17)12-19(27)23-13-8-9-18(28-2)16(22)10-13/h4-11H,3,12H2,1-2H3,(H,23,27). The molecular weight excluding hydrogens is 392 g/mol. The molecule has 29 heavy (non-hydrogen) atoms. The second kappa shape index (κ2) is 7.97. The van der Waals surface area contributed by atoms with Crippen LogP contribution in [0.4, 0.5) is 5.69 Å². The number of para-hydroxylation sites is 1. The second-order valence-electron chi connectivity index (χ2n) is 6.44. The quantitative estimate of drug-likeness (QED) is 0.504. The highest BCUT2D eigenvalue weighted by molar-refractivity contribution is 6.32. The maximum Gasteiger partial charge on any atom is 0.249 e. The third-order valence-corrected chi connectivity index (χ3v) is 4.83. The number of methoxy groups -OCH3 is 1. The van der Waals surface area contributed by atoms with Crippen LogP contribution in [0.25, 0.3) is 22.4 Å². The van der Waals surface area contributed by atoms with E-state index in [4.69, 9.17) is 20.8 Å². The number of hydrogen-bond acceptors (Lipinski definition) is 5. The molecule has 0 unspecified atom stereocenters. The lowest BCUT2D eigenvalue weighted by molar-refractivity contribution is -0.116. The van der Waals surface area contributed by atoms with Gasteiger partial charge in [0.15, 0.2) is 0 Å². The number of aromatic nitrogens is 3. The molecule has 0 aliphatic carbocycles. The molecule has 4 rings (SSSR count). The van der Waals surface area contributed by atoms with E-state index in [1.807, 2.05) is 42.0 Å². The molecule has 0 atom stereocenters. The minimum absolute atomic E-state index is 0.124. The summed E-state index contributed by atoms with van der Waals surface area (Å²) in [6, 6.07) is 12.9. The normalized spacial score (nSPS) is 11.0. The number of rotatable bonds is 6. The Kier molecular flexibility index (Phi) is 5.22. The molecule has 0 aliphatic heterocycles. The van der Waals surface area contributed by atoms with E-state index in [1.54, 1.807) is 25.3 Å². The first-order valence-corrected chi connectivity index (χ1v) is 9.51. The summed E-state index contributed by atoms with van der Waals surface area (Å²) in [7, 11) is 1.54. The fourth-order valence-electron chi connectivity index (χ4n) is 3.15. The zero-order valence-electron chi connectivity index (χ0n) is 16.0. The number of nitrogens with one attached hydrogen (secondary N) is 1. The zero-order valence-corrected chi connectivity index (χ0v) is 16.7. The van der Waals surface area contributed by atoms with Crippen LogP contribution in [0.5, 0.6) is 5.75 Å². The molecule has 148 valence electrons. The summed E-state index contributed by atoms with van der Waals surface area (Å²) < 4.78 is 12.7. The van der Waals surface area contributed by atoms with Crippen molar-refractivity contribution in [1.82, 2.24) is 14.8 Å². The van der Waals surface area contributed by atoms with E-state index < -0.39 is 0 Å². The first-order chi connectivity index (χ1) is 14.1. The second-order valence-corrected chi connectivity index (χ2v) is 6.85. The molecular formula is C21H19ClN4O3. The first kappa shape index (κ1) is 19.0. The molecule has 8 heteroatoms. The summed E-state index contributed by atoms with van der Waals surface area (Å²) in [6.45, 7) is 2.08. The van der Waals surface area contributed by atoms with Crippen molar-refractivity contribution in [2.24, 2.45) is 0 Å². The number of fused-ring (bicyclic) bond motifs is 1. The summed E-state index contributed by atoms with van der Waals surface area (Å²) in [5, 5.41) is 12.4. The fraction of sp³-hybridized carbons (Fsp3) is 0.190. The molecule has 2 aromatic heterocycles. The van der Waals surface area contributed by atoms with Gasteiger partial charge < -0.3 is 19.0 Å². The van der Waals surface area contributed by atoms with Gasteiger partial charge in [0.2, 0.25) is 17.7 Å². The van der Waals surface area contributed by atoms with Crippen LogP contribution < -0.4 is 10.1 Å². The molecule has 0 aliphatic rings. The zero-order chi connectivity index (χ0) is 20.4. The third-order valence-electron chi connectivity index (χ3n) is 4.54. The maximum atomic E-state index is 12.6. The Labute approximate surface area is 172 Å². The Morgan fingerprint density at radius 3 is 2.79 bits per heavy atom. The largest absolute Gasteiger partial charge is 0.495 e. The van der Waals surface area contributed by atoms with E-state index in [0.29, 0.717) is 34.7 Å². The van der Waals surface area contributed by atoms with Gasteiger partial charge in [-0.3, -0.25) is 4.79 Å². The van der Waals surface area contributed by atoms with Crippen molar-refractivity contribution >= 4 is 34.1 Å². The van der Waals surface area contributed by atoms with Gasteiger partial charge in [0, 0.05) is 29.2 Å². The third kappa shape index (κ3) is 3.82. The average molecular weight is 411 g/mol. The summed E-state index contributed by atoms with van der Waals surface area (Å²) in [5.41, 5.74) is 2.30. The van der Waals surface area contributed by atoms with E-state index in [2.05, 4.69) is 15.5 Å². The molecule has 1 amide bonds. The van der Waals surface area contributed by atoms with Crippen LogP contribution in [0.15, 0.2) is 53.1 Å². The maximum absolute atomic E-state index is 12.6. The lowest BCUT2D eigenvalue weighted by Gasteiger charge is -2.09. The van der Waals surface area contributed by atoms with Gasteiger partial charge in [-0.15, -0.1) is 10.2 Å². The number of anilines is 1. The van der Waals surface area contributed by atoms with Crippen molar-refractivity contribution in [1.29, 1.82) is 0 Å². The number of nitrogens with zero attached hydrogens (tertiary/aromatic N) is 3. The van der Waals surface area contributed by atoms with E-state index >= 15 is 0 Å². The van der Waals surface area contributed by atoms with Crippen LogP contribution in [-0.4, -0.2) is 27.8 Å². The van der Waals surface area contributed by atoms with Crippen LogP contribution in [0.3, 0.4) is 0 Å². The molecule has 2 heterocycles. The number of aryl methyl sites for hydroxylation is 1. The van der Waals surface area contributed by atoms with Gasteiger partial charge in [0.25, 0.3) is 0 Å². The van der Waals surface area contributed by atoms with Gasteiger partial charge in [0.05, 0.1) is 17.7 Å². The lowest BCUT2D eigenvalue weighted by atomic mass is 10.2. The van der Waals surface area contributed by atoms with Gasteiger partial charge in [-0.1, -0.05) is 36.7 Å². The highest BCUT2D eigenvalue weighted by atomic mass is 35.5. The van der Waals surface area contributed by atoms with Crippen molar-refractivity contribution in [3.63, 3.8) is 0 Å². The van der Waals surface area contributed by atoms with Gasteiger partial charge >= 0.3 is 0 Å². The molecule has 0 spiro atoms. The summed E-state index contributed by atoms with van der Waals surface area (Å²) in [5.74, 6) is 1.39. The predicted molar refractivity (Wildman–Crippen MR) is 111 cm³/mol. The molecule has 4 aromatic rings. The van der Waals surface area contributed by atoms with Crippen LogP contribution in [0.2, 0.25) is 5.02 Å². The van der Waals surface area contributed by atoms with Gasteiger partial charge in [-0.05, 0) is 24.3 Å². The van der Waals surface area contributed by atoms with Crippen molar-refractivity contribution in [3.05, 3.63) is 59.6 Å². The first-order valence-electron chi connectivity index (χ1n) is 9.13. The number of hydrogen-bond donors (Lipinski definition) is 1. The highest BCUT2D eigenvalue weighted by Gasteiger charge is 2.17. The van der Waals surface area contributed by atoms with Crippen LogP contribution in [0.1, 0.15) is 12.8 Å². The molecule has 0 bridgehead atoms. The van der Waals surface area contributed by atoms with Crippen LogP contribution >= 0.6 is 11.6 Å². The molecule has 1 N–H and O–H groups in total. The van der Waals surface area contributed by atoms with Gasteiger partial charge in [-0.25, -0.2) is 0 Å². The lowest BCUT2D eigenvalue weighted by Crippen LogP contribution is -2.18. The van der Waals surface area contributed by atoms with E-state index in [-0.39, 0.29) is 12.5 Å². The molecule has 0 radical (unpaired) electrons. The summed E-state index contributed by atoms with van der Waals surface area (Å²) in [6.07, 6.45) is 2.52. The fourth-order valence-corrected chi connectivity index (χ4v) is 3.41. The highest BCUT2D eigenvalue weighted by Crippen LogP contribution is 2.30. The minimum atomic E-state index is -0.182. The van der Waals surface area contributed by atoms with Crippen LogP contribution in [-0.2, 0) is 17.8 Å². The van der Waals surface area contributed by atoms with E-state index in [9.17, 15) is 4.79 Å². The monoisotopic (exact) mass is 410 g/mol. The SMILES string of the molecule is CCc1nnc(-c2cn(CC(=O)Nc3ccc(OC)c(Cl)c3)c3ccccc23)o1. The van der Waals surface area contributed by atoms with Crippen molar-refractivity contribution in [2.75, 3.05) is 12.4 Å². The number of amides is 1. The smallest absolute Gasteiger partial charge is 0.249 e. The number of halogens is 1. The summed E-state index contributed by atoms with van der Waals surface area (Å²) >= 11 is 6.13. The Morgan fingerprint density at radius 2 is 2.07 bits per heavy atom. The van der Waals surface area contributed by atoms with Gasteiger partial charge in [-0.2, -0.15) is 0 Å². The molecule has 7 nitrogen and oxygen atoms in total. The molecule has 0 saturated carbocycles. The Morgan fingerprint density at radius 1 is 1.24 bits per heavy atom. The van der Waals surface area contributed by atoms with Crippen LogP contribution in [0, 0.1) is 0 Å². The predicted octanol–water partition coefficient (Wildman–Crippen LogP) is 4.55. The topological polar surface area (TPSA) is 82.2 Å². The Bertz CT molecular complexity index is 1180. The molecule has 0 fully saturated rings.